The summed E-state index contributed by atoms with van der Waals surface area (Å²) in [4.78, 5) is 0. The molecule has 2 rings (SSSR count). The van der Waals surface area contributed by atoms with Gasteiger partial charge in [-0.05, 0) is 36.8 Å². The molecule has 20 heavy (non-hydrogen) atoms. The minimum absolute atomic E-state index is 0.0761. The van der Waals surface area contributed by atoms with E-state index in [1.54, 1.807) is 18.2 Å². The van der Waals surface area contributed by atoms with E-state index in [0.29, 0.717) is 21.9 Å². The zero-order valence-corrected chi connectivity index (χ0v) is 13.2. The first-order valence-corrected chi connectivity index (χ1v) is 7.26. The van der Waals surface area contributed by atoms with Gasteiger partial charge in [0.15, 0.2) is 0 Å². The zero-order chi connectivity index (χ0) is 14.7. The summed E-state index contributed by atoms with van der Waals surface area (Å²) in [6.45, 7) is 2.19. The molecule has 2 nitrogen and oxygen atoms in total. The van der Waals surface area contributed by atoms with Crippen molar-refractivity contribution in [1.29, 1.82) is 0 Å². The van der Waals surface area contributed by atoms with Crippen LogP contribution in [0.3, 0.4) is 0 Å². The molecule has 2 aromatic rings. The molecule has 2 aromatic carbocycles. The molecule has 106 valence electrons. The Kier molecular flexibility index (Phi) is 5.02. The van der Waals surface area contributed by atoms with Crippen molar-refractivity contribution in [3.05, 3.63) is 62.8 Å². The average molecular weight is 359 g/mol. The average Bonchev–Trinajstić information content (AvgIpc) is 2.38. The predicted molar refractivity (Wildman–Crippen MR) is 82.5 cm³/mol. The molecule has 0 radical (unpaired) electrons. The highest BCUT2D eigenvalue weighted by molar-refractivity contribution is 9.10. The van der Waals surface area contributed by atoms with Gasteiger partial charge in [0.25, 0.3) is 0 Å². The topological polar surface area (TPSA) is 35.2 Å². The van der Waals surface area contributed by atoms with Crippen LogP contribution in [-0.4, -0.2) is 0 Å². The minimum atomic E-state index is -0.292. The lowest BCUT2D eigenvalue weighted by atomic mass is 10.1. The third kappa shape index (κ3) is 3.72. The van der Waals surface area contributed by atoms with E-state index < -0.39 is 0 Å². The second-order valence-corrected chi connectivity index (χ2v) is 5.76. The normalized spacial score (nSPS) is 12.2. The highest BCUT2D eigenvalue weighted by Gasteiger charge is 2.08. The first-order chi connectivity index (χ1) is 9.47. The molecule has 0 saturated heterocycles. The smallest absolute Gasteiger partial charge is 0.138 e. The van der Waals surface area contributed by atoms with Crippen LogP contribution < -0.4 is 10.5 Å². The Balaban J connectivity index is 2.11. The van der Waals surface area contributed by atoms with Crippen molar-refractivity contribution in [2.24, 2.45) is 5.73 Å². The quantitative estimate of drug-likeness (QED) is 0.848. The van der Waals surface area contributed by atoms with E-state index in [4.69, 9.17) is 22.1 Å². The first kappa shape index (κ1) is 15.3. The van der Waals surface area contributed by atoms with Crippen molar-refractivity contribution < 1.29 is 9.13 Å². The van der Waals surface area contributed by atoms with Crippen molar-refractivity contribution in [1.82, 2.24) is 0 Å². The molecular formula is C15H14BrClFNO. The summed E-state index contributed by atoms with van der Waals surface area (Å²) in [5.41, 5.74) is 7.59. The van der Waals surface area contributed by atoms with Gasteiger partial charge in [-0.15, -0.1) is 0 Å². The van der Waals surface area contributed by atoms with Crippen LogP contribution in [0.2, 0.25) is 5.02 Å². The monoisotopic (exact) mass is 357 g/mol. The molecule has 1 unspecified atom stereocenters. The summed E-state index contributed by atoms with van der Waals surface area (Å²) in [6.07, 6.45) is 0. The van der Waals surface area contributed by atoms with Crippen LogP contribution >= 0.6 is 27.5 Å². The molecule has 0 bridgehead atoms. The van der Waals surface area contributed by atoms with E-state index in [0.717, 1.165) is 11.1 Å². The lowest BCUT2D eigenvalue weighted by Gasteiger charge is -2.12. The van der Waals surface area contributed by atoms with Gasteiger partial charge >= 0.3 is 0 Å². The molecule has 1 atom stereocenters. The lowest BCUT2D eigenvalue weighted by molar-refractivity contribution is 0.305. The van der Waals surface area contributed by atoms with Gasteiger partial charge in [0.05, 0.1) is 5.02 Å². The van der Waals surface area contributed by atoms with Gasteiger partial charge in [0, 0.05) is 16.1 Å². The van der Waals surface area contributed by atoms with Gasteiger partial charge in [-0.1, -0.05) is 39.7 Å². The van der Waals surface area contributed by atoms with Crippen LogP contribution in [0.15, 0.2) is 40.9 Å². The lowest BCUT2D eigenvalue weighted by Crippen LogP contribution is -2.05. The van der Waals surface area contributed by atoms with Crippen LogP contribution in [-0.2, 0) is 6.61 Å². The number of nitrogens with two attached hydrogens (primary N) is 1. The molecule has 0 aliphatic heterocycles. The van der Waals surface area contributed by atoms with E-state index in [2.05, 4.69) is 15.9 Å². The maximum Gasteiger partial charge on any atom is 0.138 e. The maximum atomic E-state index is 13.0. The minimum Gasteiger partial charge on any atom is -0.487 e. The molecule has 0 heterocycles. The maximum absolute atomic E-state index is 13.0. The number of halogens is 3. The van der Waals surface area contributed by atoms with E-state index in [-0.39, 0.29) is 11.9 Å². The first-order valence-electron chi connectivity index (χ1n) is 6.09. The molecule has 5 heteroatoms. The summed E-state index contributed by atoms with van der Waals surface area (Å²) in [5.74, 6) is 0.284. The molecular weight excluding hydrogens is 345 g/mol. The summed E-state index contributed by atoms with van der Waals surface area (Å²) >= 11 is 9.45. The summed E-state index contributed by atoms with van der Waals surface area (Å²) < 4.78 is 19.3. The standard InChI is InChI=1S/C15H14BrClFNO/c1-9(19)10-3-5-15(14(17)6-10)20-8-11-2-4-12(18)7-13(11)16/h2-7,9H,8,19H2,1H3. The second-order valence-electron chi connectivity index (χ2n) is 4.50. The van der Waals surface area contributed by atoms with Crippen LogP contribution in [0.5, 0.6) is 5.75 Å². The molecule has 2 N–H and O–H groups in total. The van der Waals surface area contributed by atoms with Crippen molar-refractivity contribution >= 4 is 27.5 Å². The van der Waals surface area contributed by atoms with Gasteiger partial charge in [-0.2, -0.15) is 0 Å². The number of rotatable bonds is 4. The highest BCUT2D eigenvalue weighted by atomic mass is 79.9. The van der Waals surface area contributed by atoms with E-state index >= 15 is 0 Å². The Morgan fingerprint density at radius 1 is 1.30 bits per heavy atom. The van der Waals surface area contributed by atoms with Gasteiger partial charge in [-0.3, -0.25) is 0 Å². The highest BCUT2D eigenvalue weighted by Crippen LogP contribution is 2.29. The van der Waals surface area contributed by atoms with Gasteiger partial charge in [-0.25, -0.2) is 4.39 Å². The van der Waals surface area contributed by atoms with Gasteiger partial charge in [0.2, 0.25) is 0 Å². The van der Waals surface area contributed by atoms with Gasteiger partial charge < -0.3 is 10.5 Å². The van der Waals surface area contributed by atoms with Crippen LogP contribution in [0, 0.1) is 5.82 Å². The van der Waals surface area contributed by atoms with Crippen molar-refractivity contribution in [3.8, 4) is 5.75 Å². The molecule has 0 aliphatic rings. The Hall–Kier alpha value is -1.10. The fourth-order valence-electron chi connectivity index (χ4n) is 1.71. The van der Waals surface area contributed by atoms with Crippen molar-refractivity contribution in [2.75, 3.05) is 0 Å². The molecule has 0 spiro atoms. The number of benzene rings is 2. The van der Waals surface area contributed by atoms with E-state index in [1.165, 1.54) is 12.1 Å². The van der Waals surface area contributed by atoms with E-state index in [1.807, 2.05) is 13.0 Å². The Morgan fingerprint density at radius 3 is 2.65 bits per heavy atom. The number of hydrogen-bond donors (Lipinski definition) is 1. The van der Waals surface area contributed by atoms with Crippen LogP contribution in [0.25, 0.3) is 0 Å². The molecule has 0 aliphatic carbocycles. The van der Waals surface area contributed by atoms with Crippen molar-refractivity contribution in [2.45, 2.75) is 19.6 Å². The SMILES string of the molecule is CC(N)c1ccc(OCc2ccc(F)cc2Br)c(Cl)c1. The summed E-state index contributed by atoms with van der Waals surface area (Å²) in [6, 6.07) is 9.85. The number of hydrogen-bond acceptors (Lipinski definition) is 2. The van der Waals surface area contributed by atoms with Gasteiger partial charge in [0.1, 0.15) is 18.2 Å². The van der Waals surface area contributed by atoms with Crippen LogP contribution in [0.4, 0.5) is 4.39 Å². The third-order valence-electron chi connectivity index (χ3n) is 2.88. The fraction of sp³-hybridized carbons (Fsp3) is 0.200. The Morgan fingerprint density at radius 2 is 2.05 bits per heavy atom. The molecule has 0 amide bonds. The third-order valence-corrected chi connectivity index (χ3v) is 3.91. The summed E-state index contributed by atoms with van der Waals surface area (Å²) in [5, 5.41) is 0.512. The predicted octanol–water partition coefficient (Wildman–Crippen LogP) is 4.84. The second kappa shape index (κ2) is 6.57. The molecule has 0 saturated carbocycles. The zero-order valence-electron chi connectivity index (χ0n) is 10.9. The molecule has 0 aromatic heterocycles. The fourth-order valence-corrected chi connectivity index (χ4v) is 2.42. The molecule has 0 fully saturated rings. The summed E-state index contributed by atoms with van der Waals surface area (Å²) in [7, 11) is 0. The Labute approximate surface area is 130 Å². The van der Waals surface area contributed by atoms with E-state index in [9.17, 15) is 4.39 Å². The largest absolute Gasteiger partial charge is 0.487 e. The van der Waals surface area contributed by atoms with Crippen LogP contribution in [0.1, 0.15) is 24.1 Å². The number of ether oxygens (including phenoxy) is 1. The van der Waals surface area contributed by atoms with Crippen molar-refractivity contribution in [3.63, 3.8) is 0 Å². The Bertz CT molecular complexity index is 619.